The minimum absolute atomic E-state index is 0.357. The number of alkyl halides is 1. The van der Waals surface area contributed by atoms with E-state index in [1.54, 1.807) is 0 Å². The van der Waals surface area contributed by atoms with Gasteiger partial charge < -0.3 is 11.1 Å². The molecule has 16 heavy (non-hydrogen) atoms. The van der Waals surface area contributed by atoms with Crippen LogP contribution in [0.25, 0.3) is 0 Å². The van der Waals surface area contributed by atoms with Gasteiger partial charge in [0.2, 0.25) is 5.91 Å². The first-order chi connectivity index (χ1) is 7.74. The lowest BCUT2D eigenvalue weighted by atomic mass is 10.1. The Morgan fingerprint density at radius 3 is 2.62 bits per heavy atom. The molecular formula is C12H17FN2O. The molecule has 0 aliphatic heterocycles. The van der Waals surface area contributed by atoms with Gasteiger partial charge >= 0.3 is 0 Å². The summed E-state index contributed by atoms with van der Waals surface area (Å²) < 4.78 is 12.0. The van der Waals surface area contributed by atoms with E-state index in [9.17, 15) is 9.18 Å². The predicted molar refractivity (Wildman–Crippen MR) is 61.5 cm³/mol. The molecule has 0 aliphatic rings. The maximum atomic E-state index is 12.0. The van der Waals surface area contributed by atoms with Crippen LogP contribution in [-0.2, 0) is 11.3 Å². The van der Waals surface area contributed by atoms with Crippen molar-refractivity contribution in [3.05, 3.63) is 35.9 Å². The van der Waals surface area contributed by atoms with Crippen LogP contribution in [0.15, 0.2) is 30.3 Å². The van der Waals surface area contributed by atoms with Gasteiger partial charge in [-0.25, -0.2) is 0 Å². The van der Waals surface area contributed by atoms with Crippen LogP contribution in [0, 0.1) is 0 Å². The Balaban J connectivity index is 2.41. The van der Waals surface area contributed by atoms with Crippen LogP contribution < -0.4 is 11.1 Å². The number of hydrogen-bond acceptors (Lipinski definition) is 2. The van der Waals surface area contributed by atoms with E-state index < -0.39 is 18.6 Å². The summed E-state index contributed by atoms with van der Waals surface area (Å²) in [4.78, 5) is 11.1. The van der Waals surface area contributed by atoms with Crippen molar-refractivity contribution in [2.75, 3.05) is 6.67 Å². The summed E-state index contributed by atoms with van der Waals surface area (Å²) in [5.41, 5.74) is 6.30. The maximum absolute atomic E-state index is 12.0. The molecule has 88 valence electrons. The van der Waals surface area contributed by atoms with E-state index in [2.05, 4.69) is 5.32 Å². The van der Waals surface area contributed by atoms with E-state index in [1.165, 1.54) is 0 Å². The number of nitrogens with two attached hydrogens (primary N) is 1. The van der Waals surface area contributed by atoms with Crippen LogP contribution in [0.5, 0.6) is 0 Å². The van der Waals surface area contributed by atoms with Crippen molar-refractivity contribution in [2.24, 2.45) is 5.73 Å². The average Bonchev–Trinajstić information content (AvgIpc) is 2.30. The van der Waals surface area contributed by atoms with Gasteiger partial charge in [-0.15, -0.1) is 0 Å². The number of hydrogen-bond donors (Lipinski definition) is 2. The number of nitrogens with one attached hydrogen (secondary N) is 1. The molecule has 0 heterocycles. The van der Waals surface area contributed by atoms with Crippen LogP contribution in [0.3, 0.4) is 0 Å². The van der Waals surface area contributed by atoms with Crippen molar-refractivity contribution in [1.29, 1.82) is 0 Å². The van der Waals surface area contributed by atoms with Crippen LogP contribution in [0.1, 0.15) is 18.4 Å². The van der Waals surface area contributed by atoms with Gasteiger partial charge in [-0.1, -0.05) is 30.3 Å². The van der Waals surface area contributed by atoms with E-state index in [0.29, 0.717) is 19.4 Å². The fraction of sp³-hybridized carbons (Fsp3) is 0.417. The lowest BCUT2D eigenvalue weighted by molar-refractivity contribution is -0.120. The molecule has 1 aromatic carbocycles. The van der Waals surface area contributed by atoms with Gasteiger partial charge in [0.1, 0.15) is 0 Å². The number of rotatable bonds is 7. The third-order valence-electron chi connectivity index (χ3n) is 2.37. The topological polar surface area (TPSA) is 55.1 Å². The maximum Gasteiger partial charge on any atom is 0.234 e. The Kier molecular flexibility index (Phi) is 5.50. The largest absolute Gasteiger partial charge is 0.368 e. The molecule has 0 radical (unpaired) electrons. The number of carbonyl (C=O) groups is 1. The second-order valence-corrected chi connectivity index (χ2v) is 3.65. The molecule has 0 spiro atoms. The molecule has 1 aromatic rings. The summed E-state index contributed by atoms with van der Waals surface area (Å²) in [5, 5.41) is 3.03. The van der Waals surface area contributed by atoms with Crippen molar-refractivity contribution in [2.45, 2.75) is 25.4 Å². The number of primary amides is 1. The Morgan fingerprint density at radius 2 is 2.06 bits per heavy atom. The fourth-order valence-corrected chi connectivity index (χ4v) is 1.46. The third-order valence-corrected chi connectivity index (χ3v) is 2.37. The SMILES string of the molecule is NC(=O)C(CCCF)NCc1ccccc1. The van der Waals surface area contributed by atoms with Crippen molar-refractivity contribution in [3.63, 3.8) is 0 Å². The summed E-state index contributed by atoms with van der Waals surface area (Å²) in [6.07, 6.45) is 0.800. The Hall–Kier alpha value is -1.42. The lowest BCUT2D eigenvalue weighted by Gasteiger charge is -2.14. The second-order valence-electron chi connectivity index (χ2n) is 3.65. The molecule has 4 heteroatoms. The quantitative estimate of drug-likeness (QED) is 0.735. The van der Waals surface area contributed by atoms with Gasteiger partial charge in [0.05, 0.1) is 12.7 Å². The molecule has 3 N–H and O–H groups in total. The summed E-state index contributed by atoms with van der Waals surface area (Å²) in [5.74, 6) is -0.426. The summed E-state index contributed by atoms with van der Waals surface area (Å²) in [7, 11) is 0. The van der Waals surface area contributed by atoms with E-state index in [1.807, 2.05) is 30.3 Å². The second kappa shape index (κ2) is 6.95. The molecule has 1 atom stereocenters. The summed E-state index contributed by atoms with van der Waals surface area (Å²) in [6.45, 7) is 0.150. The third kappa shape index (κ3) is 4.40. The molecule has 1 amide bonds. The van der Waals surface area contributed by atoms with Crippen LogP contribution in [0.2, 0.25) is 0 Å². The first-order valence-electron chi connectivity index (χ1n) is 5.36. The molecule has 1 unspecified atom stereocenters. The minimum Gasteiger partial charge on any atom is -0.368 e. The van der Waals surface area contributed by atoms with Gasteiger partial charge in [-0.3, -0.25) is 9.18 Å². The summed E-state index contributed by atoms with van der Waals surface area (Å²) in [6, 6.07) is 9.25. The number of amides is 1. The van der Waals surface area contributed by atoms with Gasteiger partial charge in [0, 0.05) is 6.54 Å². The molecule has 0 aliphatic carbocycles. The minimum atomic E-state index is -0.448. The van der Waals surface area contributed by atoms with Crippen molar-refractivity contribution in [1.82, 2.24) is 5.32 Å². The molecule has 0 saturated heterocycles. The van der Waals surface area contributed by atoms with Crippen LogP contribution in [-0.4, -0.2) is 18.6 Å². The van der Waals surface area contributed by atoms with Gasteiger partial charge in [0.25, 0.3) is 0 Å². The standard InChI is InChI=1S/C12H17FN2O/c13-8-4-7-11(12(14)16)15-9-10-5-2-1-3-6-10/h1-3,5-6,11,15H,4,7-9H2,(H2,14,16). The van der Waals surface area contributed by atoms with E-state index in [4.69, 9.17) is 5.73 Å². The van der Waals surface area contributed by atoms with Gasteiger partial charge in [0.15, 0.2) is 0 Å². The normalized spacial score (nSPS) is 12.3. The Bertz CT molecular complexity index is 316. The summed E-state index contributed by atoms with van der Waals surface area (Å²) >= 11 is 0. The predicted octanol–water partition coefficient (Wildman–Crippen LogP) is 1.38. The van der Waals surface area contributed by atoms with Crippen LogP contribution >= 0.6 is 0 Å². The van der Waals surface area contributed by atoms with Crippen LogP contribution in [0.4, 0.5) is 4.39 Å². The first-order valence-corrected chi connectivity index (χ1v) is 5.36. The zero-order valence-corrected chi connectivity index (χ0v) is 9.16. The fourth-order valence-electron chi connectivity index (χ4n) is 1.46. The van der Waals surface area contributed by atoms with Crippen molar-refractivity contribution >= 4 is 5.91 Å². The van der Waals surface area contributed by atoms with Gasteiger partial charge in [-0.05, 0) is 18.4 Å². The van der Waals surface area contributed by atoms with Crippen molar-refractivity contribution in [3.8, 4) is 0 Å². The Morgan fingerprint density at radius 1 is 1.38 bits per heavy atom. The highest BCUT2D eigenvalue weighted by Crippen LogP contribution is 2.02. The van der Waals surface area contributed by atoms with Crippen molar-refractivity contribution < 1.29 is 9.18 Å². The molecule has 0 fully saturated rings. The zero-order valence-electron chi connectivity index (χ0n) is 9.16. The highest BCUT2D eigenvalue weighted by Gasteiger charge is 2.13. The van der Waals surface area contributed by atoms with Gasteiger partial charge in [-0.2, -0.15) is 0 Å². The number of halogens is 1. The zero-order chi connectivity index (χ0) is 11.8. The number of benzene rings is 1. The molecule has 0 saturated carbocycles. The lowest BCUT2D eigenvalue weighted by Crippen LogP contribution is -2.40. The molecule has 1 rings (SSSR count). The smallest absolute Gasteiger partial charge is 0.234 e. The highest BCUT2D eigenvalue weighted by molar-refractivity contribution is 5.79. The Labute approximate surface area is 94.8 Å². The monoisotopic (exact) mass is 224 g/mol. The van der Waals surface area contributed by atoms with E-state index in [-0.39, 0.29) is 0 Å². The number of carbonyl (C=O) groups excluding carboxylic acids is 1. The highest BCUT2D eigenvalue weighted by atomic mass is 19.1. The molecular weight excluding hydrogens is 207 g/mol. The molecule has 3 nitrogen and oxygen atoms in total. The van der Waals surface area contributed by atoms with E-state index in [0.717, 1.165) is 5.56 Å². The molecule has 0 aromatic heterocycles. The van der Waals surface area contributed by atoms with E-state index >= 15 is 0 Å². The average molecular weight is 224 g/mol. The molecule has 0 bridgehead atoms. The first kappa shape index (κ1) is 12.6.